The second-order valence-electron chi connectivity index (χ2n) is 5.79. The Bertz CT molecular complexity index is 693. The highest BCUT2D eigenvalue weighted by atomic mass is 32.1. The van der Waals surface area contributed by atoms with E-state index in [9.17, 15) is 14.7 Å². The lowest BCUT2D eigenvalue weighted by Crippen LogP contribution is -2.45. The average Bonchev–Trinajstić information content (AvgIpc) is 3.16. The molecular weight excluding hydrogens is 330 g/mol. The topological polar surface area (TPSA) is 57.6 Å². The normalized spacial score (nSPS) is 21.6. The van der Waals surface area contributed by atoms with E-state index in [1.54, 1.807) is 27.6 Å². The van der Waals surface area contributed by atoms with Gasteiger partial charge in [0.25, 0.3) is 0 Å². The van der Waals surface area contributed by atoms with Gasteiger partial charge in [-0.15, -0.1) is 22.7 Å². The zero-order valence-electron chi connectivity index (χ0n) is 12.9. The molecule has 0 aliphatic carbocycles. The maximum Gasteiger partial charge on any atom is 0.308 e. The Morgan fingerprint density at radius 1 is 1.39 bits per heavy atom. The predicted octanol–water partition coefficient (Wildman–Crippen LogP) is 3.73. The summed E-state index contributed by atoms with van der Waals surface area (Å²) < 4.78 is 0. The van der Waals surface area contributed by atoms with Crippen LogP contribution in [0.1, 0.15) is 33.5 Å². The van der Waals surface area contributed by atoms with Gasteiger partial charge < -0.3 is 10.0 Å². The third kappa shape index (κ3) is 3.48. The highest BCUT2D eigenvalue weighted by Crippen LogP contribution is 2.39. The number of piperidine rings is 1. The van der Waals surface area contributed by atoms with Crippen molar-refractivity contribution in [3.63, 3.8) is 0 Å². The van der Waals surface area contributed by atoms with Crippen molar-refractivity contribution in [2.45, 2.75) is 32.2 Å². The first-order chi connectivity index (χ1) is 11.1. The smallest absolute Gasteiger partial charge is 0.308 e. The van der Waals surface area contributed by atoms with E-state index in [0.29, 0.717) is 19.4 Å². The van der Waals surface area contributed by atoms with Crippen molar-refractivity contribution >= 4 is 34.6 Å². The molecule has 3 heterocycles. The summed E-state index contributed by atoms with van der Waals surface area (Å²) in [7, 11) is 0. The molecule has 0 spiro atoms. The molecule has 0 radical (unpaired) electrons. The number of hydrogen-bond donors (Lipinski definition) is 1. The Morgan fingerprint density at radius 2 is 2.22 bits per heavy atom. The fraction of sp³-hybridized carbons (Fsp3) is 0.412. The molecular formula is C17H19NO3S2. The number of amides is 1. The second-order valence-corrected chi connectivity index (χ2v) is 8.14. The third-order valence-corrected chi connectivity index (χ3v) is 6.26. The van der Waals surface area contributed by atoms with Crippen LogP contribution in [0.3, 0.4) is 0 Å². The molecule has 0 saturated carbocycles. The molecule has 1 aliphatic rings. The summed E-state index contributed by atoms with van der Waals surface area (Å²) in [5.41, 5.74) is 0. The lowest BCUT2D eigenvalue weighted by molar-refractivity contribution is -0.151. The number of likely N-dealkylation sites (tertiary alicyclic amines) is 1. The average molecular weight is 349 g/mol. The maximum atomic E-state index is 12.5. The number of hydrogen-bond acceptors (Lipinski definition) is 4. The summed E-state index contributed by atoms with van der Waals surface area (Å²) in [5.74, 6) is -1.26. The third-order valence-electron chi connectivity index (χ3n) is 4.26. The maximum absolute atomic E-state index is 12.5. The van der Waals surface area contributed by atoms with Crippen LogP contribution in [0.2, 0.25) is 0 Å². The largest absolute Gasteiger partial charge is 0.481 e. The van der Waals surface area contributed by atoms with Crippen LogP contribution < -0.4 is 0 Å². The molecule has 0 aromatic carbocycles. The second kappa shape index (κ2) is 6.84. The quantitative estimate of drug-likeness (QED) is 0.895. The molecule has 23 heavy (non-hydrogen) atoms. The van der Waals surface area contributed by atoms with E-state index in [4.69, 9.17) is 0 Å². The van der Waals surface area contributed by atoms with Crippen LogP contribution in [-0.4, -0.2) is 28.4 Å². The Hall–Kier alpha value is -1.66. The summed E-state index contributed by atoms with van der Waals surface area (Å²) in [4.78, 5) is 29.3. The van der Waals surface area contributed by atoms with E-state index < -0.39 is 11.9 Å². The van der Waals surface area contributed by atoms with E-state index in [0.717, 1.165) is 16.2 Å². The first kappa shape index (κ1) is 16.2. The number of rotatable bonds is 5. The van der Waals surface area contributed by atoms with Gasteiger partial charge in [0.2, 0.25) is 5.91 Å². The summed E-state index contributed by atoms with van der Waals surface area (Å²) in [6.45, 7) is 2.58. The van der Waals surface area contributed by atoms with Crippen LogP contribution in [0.15, 0.2) is 29.6 Å². The van der Waals surface area contributed by atoms with Gasteiger partial charge in [-0.2, -0.15) is 0 Å². The van der Waals surface area contributed by atoms with Crippen LogP contribution in [0, 0.1) is 12.8 Å². The van der Waals surface area contributed by atoms with Crippen LogP contribution >= 0.6 is 22.7 Å². The van der Waals surface area contributed by atoms with Crippen molar-refractivity contribution in [3.8, 4) is 0 Å². The van der Waals surface area contributed by atoms with E-state index in [1.807, 2.05) is 30.5 Å². The van der Waals surface area contributed by atoms with Crippen LogP contribution in [0.4, 0.5) is 0 Å². The van der Waals surface area contributed by atoms with E-state index in [2.05, 4.69) is 6.07 Å². The number of carboxylic acid groups (broad SMARTS) is 1. The SMILES string of the molecule is Cc1ccc(C2C(C(=O)O)CCC(=O)N2CCc2cccs2)s1. The lowest BCUT2D eigenvalue weighted by Gasteiger charge is -2.39. The van der Waals surface area contributed by atoms with Gasteiger partial charge in [0.15, 0.2) is 0 Å². The van der Waals surface area contributed by atoms with Crippen molar-refractivity contribution in [2.24, 2.45) is 5.92 Å². The molecule has 6 heteroatoms. The molecule has 1 saturated heterocycles. The molecule has 1 aliphatic heterocycles. The van der Waals surface area contributed by atoms with Gasteiger partial charge in [-0.05, 0) is 43.3 Å². The van der Waals surface area contributed by atoms with E-state index in [1.165, 1.54) is 4.88 Å². The van der Waals surface area contributed by atoms with Gasteiger partial charge in [-0.1, -0.05) is 6.07 Å². The Kier molecular flexibility index (Phi) is 4.82. The molecule has 122 valence electrons. The minimum Gasteiger partial charge on any atom is -0.481 e. The summed E-state index contributed by atoms with van der Waals surface area (Å²) >= 11 is 3.26. The van der Waals surface area contributed by atoms with Gasteiger partial charge in [0.1, 0.15) is 0 Å². The standard InChI is InChI=1S/C17H19NO3S2/c1-11-4-6-14(23-11)16-13(17(20)21)5-7-15(19)18(16)9-8-12-3-2-10-22-12/h2-4,6,10,13,16H,5,7-9H2,1H3,(H,20,21). The van der Waals surface area contributed by atoms with E-state index in [-0.39, 0.29) is 11.9 Å². The van der Waals surface area contributed by atoms with Crippen LogP contribution in [-0.2, 0) is 16.0 Å². The van der Waals surface area contributed by atoms with E-state index >= 15 is 0 Å². The van der Waals surface area contributed by atoms with Crippen molar-refractivity contribution < 1.29 is 14.7 Å². The first-order valence-corrected chi connectivity index (χ1v) is 9.37. The number of carbonyl (C=O) groups is 2. The zero-order valence-corrected chi connectivity index (χ0v) is 14.5. The fourth-order valence-electron chi connectivity index (χ4n) is 3.12. The number of carboxylic acids is 1. The Labute approximate surface area is 143 Å². The highest BCUT2D eigenvalue weighted by Gasteiger charge is 2.41. The predicted molar refractivity (Wildman–Crippen MR) is 91.9 cm³/mol. The molecule has 4 nitrogen and oxygen atoms in total. The molecule has 1 fully saturated rings. The molecule has 2 aromatic rings. The molecule has 2 aromatic heterocycles. The van der Waals surface area contributed by atoms with Gasteiger partial charge >= 0.3 is 5.97 Å². The number of aliphatic carboxylic acids is 1. The van der Waals surface area contributed by atoms with Crippen molar-refractivity contribution in [3.05, 3.63) is 44.3 Å². The highest BCUT2D eigenvalue weighted by molar-refractivity contribution is 7.12. The molecule has 2 atom stereocenters. The monoisotopic (exact) mass is 349 g/mol. The minimum absolute atomic E-state index is 0.0649. The van der Waals surface area contributed by atoms with Gasteiger partial charge in [-0.3, -0.25) is 9.59 Å². The Morgan fingerprint density at radius 3 is 2.83 bits per heavy atom. The molecule has 1 N–H and O–H groups in total. The van der Waals surface area contributed by atoms with Crippen molar-refractivity contribution in [1.82, 2.24) is 4.90 Å². The first-order valence-electron chi connectivity index (χ1n) is 7.67. The number of aryl methyl sites for hydroxylation is 1. The number of nitrogens with zero attached hydrogens (tertiary/aromatic N) is 1. The molecule has 0 bridgehead atoms. The number of carbonyl (C=O) groups excluding carboxylic acids is 1. The van der Waals surface area contributed by atoms with Crippen LogP contribution in [0.5, 0.6) is 0 Å². The summed E-state index contributed by atoms with van der Waals surface area (Å²) in [6.07, 6.45) is 1.52. The van der Waals surface area contributed by atoms with Gasteiger partial charge in [-0.25, -0.2) is 0 Å². The Balaban J connectivity index is 1.87. The minimum atomic E-state index is -0.810. The summed E-state index contributed by atoms with van der Waals surface area (Å²) in [6, 6.07) is 7.68. The zero-order chi connectivity index (χ0) is 16.4. The summed E-state index contributed by atoms with van der Waals surface area (Å²) in [5, 5.41) is 11.6. The van der Waals surface area contributed by atoms with Crippen LogP contribution in [0.25, 0.3) is 0 Å². The van der Waals surface area contributed by atoms with Gasteiger partial charge in [0.05, 0.1) is 12.0 Å². The van der Waals surface area contributed by atoms with Crippen molar-refractivity contribution in [1.29, 1.82) is 0 Å². The van der Waals surface area contributed by atoms with Gasteiger partial charge in [0, 0.05) is 27.6 Å². The fourth-order valence-corrected chi connectivity index (χ4v) is 4.88. The lowest BCUT2D eigenvalue weighted by atomic mass is 9.87. The molecule has 2 unspecified atom stereocenters. The molecule has 3 rings (SSSR count). The molecule has 1 amide bonds. The van der Waals surface area contributed by atoms with Crippen molar-refractivity contribution in [2.75, 3.05) is 6.54 Å². The number of thiophene rings is 2.